The van der Waals surface area contributed by atoms with Gasteiger partial charge in [0.2, 0.25) is 10.0 Å². The number of hydrogen-bond acceptors (Lipinski definition) is 3. The third-order valence-corrected chi connectivity index (χ3v) is 3.57. The predicted molar refractivity (Wildman–Crippen MR) is 64.2 cm³/mol. The van der Waals surface area contributed by atoms with Crippen molar-refractivity contribution in [2.45, 2.75) is 18.7 Å². The molecule has 1 aromatic rings. The first kappa shape index (κ1) is 12.6. The van der Waals surface area contributed by atoms with Crippen molar-refractivity contribution in [3.8, 4) is 11.8 Å². The molecule has 0 bridgehead atoms. The van der Waals surface area contributed by atoms with Crippen LogP contribution in [0, 0.1) is 18.8 Å². The first-order valence-electron chi connectivity index (χ1n) is 4.73. The summed E-state index contributed by atoms with van der Waals surface area (Å²) in [7, 11) is -3.52. The predicted octanol–water partition coefficient (Wildman–Crippen LogP) is 0.879. The van der Waals surface area contributed by atoms with Gasteiger partial charge in [-0.3, -0.25) is 0 Å². The highest BCUT2D eigenvalue weighted by atomic mass is 32.2. The van der Waals surface area contributed by atoms with Crippen LogP contribution in [0.1, 0.15) is 12.5 Å². The standard InChI is InChI=1S/C11H14N2O2S/c1-3-4-7-13-16(14,15)11-8-10(12)6-5-9(11)2/h5-6,8,13H,7,12H2,1-2H3. The Morgan fingerprint density at radius 3 is 2.75 bits per heavy atom. The largest absolute Gasteiger partial charge is 0.399 e. The monoisotopic (exact) mass is 238 g/mol. The second-order valence-electron chi connectivity index (χ2n) is 3.28. The Labute approximate surface area is 95.9 Å². The lowest BCUT2D eigenvalue weighted by atomic mass is 10.2. The Bertz CT molecular complexity index is 539. The molecule has 5 heteroatoms. The van der Waals surface area contributed by atoms with Gasteiger partial charge in [0, 0.05) is 5.69 Å². The van der Waals surface area contributed by atoms with Gasteiger partial charge in [-0.05, 0) is 31.5 Å². The molecule has 0 radical (unpaired) electrons. The van der Waals surface area contributed by atoms with Gasteiger partial charge in [-0.1, -0.05) is 12.0 Å². The Hall–Kier alpha value is -1.51. The average molecular weight is 238 g/mol. The van der Waals surface area contributed by atoms with Crippen LogP contribution in [0.5, 0.6) is 0 Å². The molecule has 16 heavy (non-hydrogen) atoms. The van der Waals surface area contributed by atoms with Gasteiger partial charge in [0.15, 0.2) is 0 Å². The zero-order valence-electron chi connectivity index (χ0n) is 9.24. The third kappa shape index (κ3) is 2.99. The number of hydrogen-bond donors (Lipinski definition) is 2. The van der Waals surface area contributed by atoms with Crippen molar-refractivity contribution in [1.29, 1.82) is 0 Å². The second kappa shape index (κ2) is 5.01. The molecule has 0 amide bonds. The van der Waals surface area contributed by atoms with E-state index in [-0.39, 0.29) is 11.4 Å². The minimum atomic E-state index is -3.52. The lowest BCUT2D eigenvalue weighted by Crippen LogP contribution is -2.24. The Morgan fingerprint density at radius 1 is 1.44 bits per heavy atom. The molecule has 1 aromatic carbocycles. The number of benzene rings is 1. The van der Waals surface area contributed by atoms with Gasteiger partial charge in [0.1, 0.15) is 0 Å². The van der Waals surface area contributed by atoms with E-state index in [4.69, 9.17) is 5.73 Å². The van der Waals surface area contributed by atoms with Gasteiger partial charge < -0.3 is 5.73 Å². The van der Waals surface area contributed by atoms with Crippen LogP contribution in [0.3, 0.4) is 0 Å². The van der Waals surface area contributed by atoms with E-state index >= 15 is 0 Å². The van der Waals surface area contributed by atoms with Gasteiger partial charge in [0.25, 0.3) is 0 Å². The van der Waals surface area contributed by atoms with Crippen LogP contribution >= 0.6 is 0 Å². The van der Waals surface area contributed by atoms with Gasteiger partial charge in [-0.2, -0.15) is 4.72 Å². The highest BCUT2D eigenvalue weighted by Crippen LogP contribution is 2.17. The molecule has 4 nitrogen and oxygen atoms in total. The normalized spacial score (nSPS) is 10.6. The maximum Gasteiger partial charge on any atom is 0.241 e. The number of anilines is 1. The lowest BCUT2D eigenvalue weighted by molar-refractivity contribution is 0.585. The number of nitrogens with one attached hydrogen (secondary N) is 1. The maximum atomic E-state index is 11.8. The quantitative estimate of drug-likeness (QED) is 0.606. The summed E-state index contributed by atoms with van der Waals surface area (Å²) in [5, 5.41) is 0. The van der Waals surface area contributed by atoms with Crippen LogP contribution in [-0.4, -0.2) is 15.0 Å². The Kier molecular flexibility index (Phi) is 3.93. The second-order valence-corrected chi connectivity index (χ2v) is 5.01. The summed E-state index contributed by atoms with van der Waals surface area (Å²) >= 11 is 0. The molecular formula is C11H14N2O2S. The molecule has 0 heterocycles. The van der Waals surface area contributed by atoms with Crippen molar-refractivity contribution < 1.29 is 8.42 Å². The van der Waals surface area contributed by atoms with Crippen molar-refractivity contribution in [3.05, 3.63) is 23.8 Å². The SMILES string of the molecule is CC#CCNS(=O)(=O)c1cc(N)ccc1C. The zero-order valence-corrected chi connectivity index (χ0v) is 10.1. The Morgan fingerprint density at radius 2 is 2.12 bits per heavy atom. The van der Waals surface area contributed by atoms with Crippen molar-refractivity contribution in [1.82, 2.24) is 4.72 Å². The molecule has 3 N–H and O–H groups in total. The maximum absolute atomic E-state index is 11.8. The van der Waals surface area contributed by atoms with E-state index in [0.717, 1.165) is 0 Å². The van der Waals surface area contributed by atoms with Crippen molar-refractivity contribution >= 4 is 15.7 Å². The van der Waals surface area contributed by atoms with Crippen LogP contribution in [0.4, 0.5) is 5.69 Å². The molecule has 0 saturated carbocycles. The molecule has 0 aliphatic carbocycles. The van der Waals surface area contributed by atoms with E-state index < -0.39 is 10.0 Å². The van der Waals surface area contributed by atoms with Crippen LogP contribution in [-0.2, 0) is 10.0 Å². The highest BCUT2D eigenvalue weighted by molar-refractivity contribution is 7.89. The summed E-state index contributed by atoms with van der Waals surface area (Å²) in [5.74, 6) is 5.25. The number of sulfonamides is 1. The number of aryl methyl sites for hydroxylation is 1. The summed E-state index contributed by atoms with van der Waals surface area (Å²) in [6.07, 6.45) is 0. The van der Waals surface area contributed by atoms with Crippen LogP contribution in [0.25, 0.3) is 0 Å². The summed E-state index contributed by atoms with van der Waals surface area (Å²) in [5.41, 5.74) is 6.64. The minimum absolute atomic E-state index is 0.104. The zero-order chi connectivity index (χ0) is 12.2. The van der Waals surface area contributed by atoms with Crippen LogP contribution in [0.15, 0.2) is 23.1 Å². The van der Waals surface area contributed by atoms with E-state index in [1.807, 2.05) is 0 Å². The van der Waals surface area contributed by atoms with Gasteiger partial charge in [-0.25, -0.2) is 8.42 Å². The van der Waals surface area contributed by atoms with Crippen LogP contribution < -0.4 is 10.5 Å². The fourth-order valence-corrected chi connectivity index (χ4v) is 2.40. The van der Waals surface area contributed by atoms with Gasteiger partial charge in [0.05, 0.1) is 11.4 Å². The Balaban J connectivity index is 3.05. The first-order chi connectivity index (χ1) is 7.47. The molecule has 0 spiro atoms. The third-order valence-electron chi connectivity index (χ3n) is 2.03. The van der Waals surface area contributed by atoms with E-state index in [0.29, 0.717) is 11.3 Å². The summed E-state index contributed by atoms with van der Waals surface area (Å²) in [6, 6.07) is 4.78. The van der Waals surface area contributed by atoms with Crippen molar-refractivity contribution in [2.75, 3.05) is 12.3 Å². The molecule has 0 aliphatic rings. The van der Waals surface area contributed by atoms with Gasteiger partial charge >= 0.3 is 0 Å². The van der Waals surface area contributed by atoms with E-state index in [1.54, 1.807) is 26.0 Å². The number of rotatable bonds is 3. The molecule has 0 aromatic heterocycles. The molecule has 1 rings (SSSR count). The molecule has 0 atom stereocenters. The fraction of sp³-hybridized carbons (Fsp3) is 0.273. The summed E-state index contributed by atoms with van der Waals surface area (Å²) in [4.78, 5) is 0.199. The summed E-state index contributed by atoms with van der Waals surface area (Å²) in [6.45, 7) is 3.48. The molecule has 0 saturated heterocycles. The average Bonchev–Trinajstić information content (AvgIpc) is 2.22. The highest BCUT2D eigenvalue weighted by Gasteiger charge is 2.15. The van der Waals surface area contributed by atoms with Crippen LogP contribution in [0.2, 0.25) is 0 Å². The van der Waals surface area contributed by atoms with Gasteiger partial charge in [-0.15, -0.1) is 5.92 Å². The number of nitrogen functional groups attached to an aromatic ring is 1. The molecule has 86 valence electrons. The lowest BCUT2D eigenvalue weighted by Gasteiger charge is -2.07. The van der Waals surface area contributed by atoms with Crippen molar-refractivity contribution in [2.24, 2.45) is 0 Å². The molecule has 0 fully saturated rings. The fourth-order valence-electron chi connectivity index (χ4n) is 1.20. The topological polar surface area (TPSA) is 72.2 Å². The minimum Gasteiger partial charge on any atom is -0.399 e. The smallest absolute Gasteiger partial charge is 0.241 e. The van der Waals surface area contributed by atoms with E-state index in [1.165, 1.54) is 6.07 Å². The van der Waals surface area contributed by atoms with E-state index in [9.17, 15) is 8.42 Å². The molecule has 0 aliphatic heterocycles. The first-order valence-corrected chi connectivity index (χ1v) is 6.21. The number of nitrogens with two attached hydrogens (primary N) is 1. The molecular weight excluding hydrogens is 224 g/mol. The van der Waals surface area contributed by atoms with Crippen molar-refractivity contribution in [3.63, 3.8) is 0 Å². The molecule has 0 unspecified atom stereocenters. The summed E-state index contributed by atoms with van der Waals surface area (Å²) < 4.78 is 26.1. The van der Waals surface area contributed by atoms with E-state index in [2.05, 4.69) is 16.6 Å².